The van der Waals surface area contributed by atoms with E-state index in [1.54, 1.807) is 0 Å². The van der Waals surface area contributed by atoms with Gasteiger partial charge in [-0.05, 0) is 106 Å². The lowest BCUT2D eigenvalue weighted by atomic mass is 9.86. The number of hydrogen-bond acceptors (Lipinski definition) is 3. The predicted molar refractivity (Wildman–Crippen MR) is 256 cm³/mol. The van der Waals surface area contributed by atoms with Crippen molar-refractivity contribution >= 4 is 34.0 Å². The first-order chi connectivity index (χ1) is 28.2. The van der Waals surface area contributed by atoms with Crippen LogP contribution in [0.3, 0.4) is 0 Å². The van der Waals surface area contributed by atoms with Gasteiger partial charge in [-0.25, -0.2) is 0 Å². The summed E-state index contributed by atoms with van der Waals surface area (Å²) in [5, 5.41) is 7.35. The van der Waals surface area contributed by atoms with Crippen molar-refractivity contribution in [2.45, 2.75) is 117 Å². The molecule has 294 valence electrons. The van der Waals surface area contributed by atoms with Gasteiger partial charge in [0.05, 0.1) is 0 Å². The molecule has 4 aromatic carbocycles. The Balaban J connectivity index is 1.49. The summed E-state index contributed by atoms with van der Waals surface area (Å²) in [6.07, 6.45) is 18.6. The molecule has 0 unspecified atom stereocenters. The highest BCUT2D eigenvalue weighted by atomic mass is 32.1. The second kappa shape index (κ2) is 21.1. The average Bonchev–Trinajstić information content (AvgIpc) is 4.01. The van der Waals surface area contributed by atoms with Gasteiger partial charge in [0.1, 0.15) is 0 Å². The van der Waals surface area contributed by atoms with Crippen LogP contribution in [-0.4, -0.2) is 0 Å². The van der Waals surface area contributed by atoms with Crippen LogP contribution >= 0.6 is 34.0 Å². The van der Waals surface area contributed by atoms with E-state index in [2.05, 4.69) is 146 Å². The van der Waals surface area contributed by atoms with E-state index in [-0.39, 0.29) is 0 Å². The molecule has 7 rings (SSSR count). The Bertz CT molecular complexity index is 1980. The van der Waals surface area contributed by atoms with Gasteiger partial charge < -0.3 is 0 Å². The molecule has 0 atom stereocenters. The maximum Gasteiger partial charge on any atom is 0.0130 e. The van der Waals surface area contributed by atoms with E-state index in [1.165, 1.54) is 158 Å². The van der Waals surface area contributed by atoms with Crippen molar-refractivity contribution in [2.75, 3.05) is 0 Å². The van der Waals surface area contributed by atoms with Crippen molar-refractivity contribution in [3.8, 4) is 66.8 Å². The van der Waals surface area contributed by atoms with Crippen LogP contribution in [0.1, 0.15) is 112 Å². The van der Waals surface area contributed by atoms with Crippen LogP contribution in [0.5, 0.6) is 0 Å². The van der Waals surface area contributed by atoms with E-state index < -0.39 is 0 Å². The van der Waals surface area contributed by atoms with Crippen LogP contribution in [0.4, 0.5) is 0 Å². The zero-order chi connectivity index (χ0) is 39.2. The largest absolute Gasteiger partial charge is 0.148 e. The van der Waals surface area contributed by atoms with Crippen LogP contribution in [0.15, 0.2) is 125 Å². The fourth-order valence-electron chi connectivity index (χ4n) is 8.38. The minimum absolute atomic E-state index is 1.12. The van der Waals surface area contributed by atoms with Crippen molar-refractivity contribution in [3.05, 3.63) is 140 Å². The van der Waals surface area contributed by atoms with Crippen LogP contribution in [0, 0.1) is 0 Å². The van der Waals surface area contributed by atoms with Crippen LogP contribution in [-0.2, 0) is 19.3 Å². The standard InChI is InChI=1S/C54H60S3/c1-4-7-10-22-31-49-52(46(37-55-49)40-25-16-13-17-26-40)43-34-44(53-47(41-27-18-14-19-28-41)38-56-50(53)32-23-11-8-5-2)36-45(35-43)54-48(42-29-20-15-21-30-42)39-57-51(54)33-24-12-9-6-3/h13-21,25-30,34-39H,4-12,22-24,31-33H2,1-3H3. The Morgan fingerprint density at radius 1 is 0.316 bits per heavy atom. The lowest BCUT2D eigenvalue weighted by Gasteiger charge is -2.17. The van der Waals surface area contributed by atoms with Crippen LogP contribution in [0.2, 0.25) is 0 Å². The number of benzene rings is 4. The van der Waals surface area contributed by atoms with Gasteiger partial charge in [0.15, 0.2) is 0 Å². The first-order valence-electron chi connectivity index (χ1n) is 21.8. The van der Waals surface area contributed by atoms with E-state index in [0.29, 0.717) is 0 Å². The Morgan fingerprint density at radius 3 is 0.860 bits per heavy atom. The van der Waals surface area contributed by atoms with E-state index in [4.69, 9.17) is 0 Å². The molecule has 7 aromatic rings. The first-order valence-corrected chi connectivity index (χ1v) is 24.5. The molecule has 0 N–H and O–H groups in total. The summed E-state index contributed by atoms with van der Waals surface area (Å²) >= 11 is 5.92. The molecule has 0 saturated heterocycles. The third-order valence-corrected chi connectivity index (χ3v) is 14.6. The molecular formula is C54H60S3. The summed E-state index contributed by atoms with van der Waals surface area (Å²) in [4.78, 5) is 4.57. The van der Waals surface area contributed by atoms with Gasteiger partial charge in [-0.15, -0.1) is 34.0 Å². The van der Waals surface area contributed by atoms with Crippen molar-refractivity contribution in [1.29, 1.82) is 0 Å². The van der Waals surface area contributed by atoms with Gasteiger partial charge in [0.2, 0.25) is 0 Å². The number of hydrogen-bond donors (Lipinski definition) is 0. The summed E-state index contributed by atoms with van der Waals surface area (Å²) in [5.41, 5.74) is 16.4. The van der Waals surface area contributed by atoms with Crippen LogP contribution in [0.25, 0.3) is 66.8 Å². The fourth-order valence-corrected chi connectivity index (χ4v) is 11.7. The first kappa shape index (κ1) is 41.2. The number of thiophene rings is 3. The highest BCUT2D eigenvalue weighted by Gasteiger charge is 2.23. The molecule has 0 nitrogen and oxygen atoms in total. The molecule has 3 aromatic heterocycles. The summed E-state index contributed by atoms with van der Waals surface area (Å²) in [7, 11) is 0. The minimum Gasteiger partial charge on any atom is -0.148 e. The molecule has 0 fully saturated rings. The van der Waals surface area contributed by atoms with Crippen molar-refractivity contribution in [3.63, 3.8) is 0 Å². The monoisotopic (exact) mass is 804 g/mol. The van der Waals surface area contributed by atoms with E-state index in [1.807, 2.05) is 34.0 Å². The molecule has 0 saturated carbocycles. The lowest BCUT2D eigenvalue weighted by Crippen LogP contribution is -1.95. The predicted octanol–water partition coefficient (Wildman–Crippen LogP) is 18.2. The average molecular weight is 805 g/mol. The molecule has 0 aliphatic carbocycles. The van der Waals surface area contributed by atoms with Crippen molar-refractivity contribution < 1.29 is 0 Å². The topological polar surface area (TPSA) is 0 Å². The lowest BCUT2D eigenvalue weighted by molar-refractivity contribution is 0.670. The highest BCUT2D eigenvalue weighted by molar-refractivity contribution is 7.11. The van der Waals surface area contributed by atoms with Gasteiger partial charge in [0.25, 0.3) is 0 Å². The molecule has 0 radical (unpaired) electrons. The molecule has 0 bridgehead atoms. The third-order valence-electron chi connectivity index (χ3n) is 11.4. The zero-order valence-electron chi connectivity index (χ0n) is 34.5. The van der Waals surface area contributed by atoms with E-state index in [9.17, 15) is 0 Å². The SMILES string of the molecule is CCCCCCc1scc(-c2ccccc2)c1-c1cc(-c2c(-c3ccccc3)csc2CCCCCC)cc(-c2c(-c3ccccc3)csc2CCCCCC)c1. The van der Waals surface area contributed by atoms with Crippen molar-refractivity contribution in [2.24, 2.45) is 0 Å². The second-order valence-electron chi connectivity index (χ2n) is 15.7. The molecular weight excluding hydrogens is 745 g/mol. The maximum absolute atomic E-state index is 2.58. The summed E-state index contributed by atoms with van der Waals surface area (Å²) in [5.74, 6) is 0. The normalized spacial score (nSPS) is 11.4. The summed E-state index contributed by atoms with van der Waals surface area (Å²) < 4.78 is 0. The Labute approximate surface area is 355 Å². The molecule has 0 aliphatic heterocycles. The molecule has 57 heavy (non-hydrogen) atoms. The van der Waals surface area contributed by atoms with Gasteiger partial charge in [-0.3, -0.25) is 0 Å². The molecule has 0 aliphatic rings. The van der Waals surface area contributed by atoms with E-state index in [0.717, 1.165) is 19.3 Å². The third kappa shape index (κ3) is 10.2. The van der Waals surface area contributed by atoms with E-state index >= 15 is 0 Å². The number of unbranched alkanes of at least 4 members (excludes halogenated alkanes) is 9. The quantitative estimate of drug-likeness (QED) is 0.0635. The minimum atomic E-state index is 1.12. The van der Waals surface area contributed by atoms with Crippen molar-refractivity contribution in [1.82, 2.24) is 0 Å². The Morgan fingerprint density at radius 2 is 0.596 bits per heavy atom. The van der Waals surface area contributed by atoms with Gasteiger partial charge in [0, 0.05) is 48.0 Å². The maximum atomic E-state index is 2.58. The Kier molecular flexibility index (Phi) is 15.2. The van der Waals surface area contributed by atoms with Gasteiger partial charge >= 0.3 is 0 Å². The fraction of sp³-hybridized carbons (Fsp3) is 0.333. The van der Waals surface area contributed by atoms with Gasteiger partial charge in [-0.2, -0.15) is 0 Å². The molecule has 3 heteroatoms. The Hall–Kier alpha value is -4.02. The highest BCUT2D eigenvalue weighted by Crippen LogP contribution is 2.49. The number of aryl methyl sites for hydroxylation is 3. The molecule has 3 heterocycles. The van der Waals surface area contributed by atoms with Crippen LogP contribution < -0.4 is 0 Å². The number of rotatable bonds is 21. The molecule has 0 spiro atoms. The smallest absolute Gasteiger partial charge is 0.0130 e. The second-order valence-corrected chi connectivity index (χ2v) is 18.6. The summed E-state index contributed by atoms with van der Waals surface area (Å²) in [6.45, 7) is 6.95. The molecule has 0 amide bonds. The summed E-state index contributed by atoms with van der Waals surface area (Å²) in [6, 6.07) is 41.2. The van der Waals surface area contributed by atoms with Gasteiger partial charge in [-0.1, -0.05) is 170 Å². The zero-order valence-corrected chi connectivity index (χ0v) is 36.9.